The first kappa shape index (κ1) is 11.9. The van der Waals surface area contributed by atoms with E-state index in [9.17, 15) is 13.2 Å². The number of benzene rings is 1. The molecule has 0 spiro atoms. The highest BCUT2D eigenvalue weighted by Crippen LogP contribution is 2.16. The molecule has 0 amide bonds. The van der Waals surface area contributed by atoms with Crippen LogP contribution >= 0.6 is 0 Å². The van der Waals surface area contributed by atoms with Crippen LogP contribution in [0, 0.1) is 6.92 Å². The van der Waals surface area contributed by atoms with Gasteiger partial charge in [-0.25, -0.2) is 13.2 Å². The standard InChI is InChI=1S/C11H12O5S/c1-8-2-4-10(5-3-8)17(13,14)7-9-6-15-11(12)16-9/h2-5,9H,6-7H2,1H3. The van der Waals surface area contributed by atoms with Crippen LogP contribution in [0.4, 0.5) is 4.79 Å². The lowest BCUT2D eigenvalue weighted by atomic mass is 10.2. The van der Waals surface area contributed by atoms with Gasteiger partial charge in [-0.1, -0.05) is 17.7 Å². The van der Waals surface area contributed by atoms with E-state index in [0.717, 1.165) is 5.56 Å². The molecule has 1 aromatic carbocycles. The van der Waals surface area contributed by atoms with Crippen molar-refractivity contribution in [3.05, 3.63) is 29.8 Å². The maximum Gasteiger partial charge on any atom is 0.508 e. The number of rotatable bonds is 3. The van der Waals surface area contributed by atoms with Crippen molar-refractivity contribution in [2.24, 2.45) is 0 Å². The zero-order valence-corrected chi connectivity index (χ0v) is 10.1. The predicted molar refractivity (Wildman–Crippen MR) is 59.5 cm³/mol. The smallest absolute Gasteiger partial charge is 0.430 e. The third-order valence-electron chi connectivity index (χ3n) is 2.44. The van der Waals surface area contributed by atoms with Crippen LogP contribution in [-0.4, -0.2) is 33.0 Å². The van der Waals surface area contributed by atoms with Gasteiger partial charge in [-0.3, -0.25) is 0 Å². The van der Waals surface area contributed by atoms with Crippen LogP contribution in [0.15, 0.2) is 29.2 Å². The molecule has 2 rings (SSSR count). The Morgan fingerprint density at radius 2 is 1.94 bits per heavy atom. The van der Waals surface area contributed by atoms with Gasteiger partial charge in [0.1, 0.15) is 6.61 Å². The summed E-state index contributed by atoms with van der Waals surface area (Å²) in [7, 11) is -3.44. The largest absolute Gasteiger partial charge is 0.508 e. The molecule has 0 radical (unpaired) electrons. The van der Waals surface area contributed by atoms with Gasteiger partial charge >= 0.3 is 6.16 Å². The van der Waals surface area contributed by atoms with Crippen LogP contribution in [0.3, 0.4) is 0 Å². The fourth-order valence-electron chi connectivity index (χ4n) is 1.53. The Labute approximate surface area is 99.3 Å². The van der Waals surface area contributed by atoms with Crippen molar-refractivity contribution in [2.75, 3.05) is 12.4 Å². The zero-order chi connectivity index (χ0) is 12.5. The Bertz CT molecular complexity index is 517. The SMILES string of the molecule is Cc1ccc(S(=O)(=O)CC2COC(=O)O2)cc1. The molecule has 0 saturated carbocycles. The average Bonchev–Trinajstić information content (AvgIpc) is 2.63. The second-order valence-corrected chi connectivity index (χ2v) is 5.93. The Morgan fingerprint density at radius 3 is 2.47 bits per heavy atom. The molecule has 1 aliphatic rings. The van der Waals surface area contributed by atoms with Crippen LogP contribution < -0.4 is 0 Å². The van der Waals surface area contributed by atoms with E-state index in [2.05, 4.69) is 4.74 Å². The maximum atomic E-state index is 12.0. The van der Waals surface area contributed by atoms with E-state index < -0.39 is 22.1 Å². The van der Waals surface area contributed by atoms with Gasteiger partial charge in [-0.05, 0) is 19.1 Å². The van der Waals surface area contributed by atoms with Gasteiger partial charge in [0, 0.05) is 0 Å². The quantitative estimate of drug-likeness (QED) is 0.762. The molecule has 1 aromatic rings. The van der Waals surface area contributed by atoms with E-state index >= 15 is 0 Å². The molecule has 5 nitrogen and oxygen atoms in total. The molecular formula is C11H12O5S. The van der Waals surface area contributed by atoms with E-state index in [4.69, 9.17) is 4.74 Å². The lowest BCUT2D eigenvalue weighted by Gasteiger charge is -2.07. The van der Waals surface area contributed by atoms with E-state index in [1.807, 2.05) is 6.92 Å². The summed E-state index contributed by atoms with van der Waals surface area (Å²) in [5, 5.41) is 0. The lowest BCUT2D eigenvalue weighted by molar-refractivity contribution is 0.122. The molecule has 1 heterocycles. The van der Waals surface area contributed by atoms with E-state index in [0.29, 0.717) is 0 Å². The van der Waals surface area contributed by atoms with Crippen molar-refractivity contribution in [1.29, 1.82) is 0 Å². The third kappa shape index (κ3) is 2.76. The molecular weight excluding hydrogens is 244 g/mol. The minimum atomic E-state index is -3.44. The molecule has 0 aromatic heterocycles. The number of aryl methyl sites for hydroxylation is 1. The first-order valence-electron chi connectivity index (χ1n) is 5.10. The summed E-state index contributed by atoms with van der Waals surface area (Å²) in [4.78, 5) is 10.9. The second-order valence-electron chi connectivity index (χ2n) is 3.90. The topological polar surface area (TPSA) is 69.7 Å². The summed E-state index contributed by atoms with van der Waals surface area (Å²) in [5.41, 5.74) is 0.986. The third-order valence-corrected chi connectivity index (χ3v) is 4.24. The number of cyclic esters (lactones) is 2. The summed E-state index contributed by atoms with van der Waals surface area (Å²) in [5.74, 6) is -0.248. The summed E-state index contributed by atoms with van der Waals surface area (Å²) in [6.45, 7) is 1.87. The fourth-order valence-corrected chi connectivity index (χ4v) is 2.93. The summed E-state index contributed by atoms with van der Waals surface area (Å²) >= 11 is 0. The molecule has 0 aliphatic carbocycles. The molecule has 6 heteroatoms. The maximum absolute atomic E-state index is 12.0. The minimum absolute atomic E-state index is 0.01000. The number of carbonyl (C=O) groups is 1. The molecule has 1 aliphatic heterocycles. The van der Waals surface area contributed by atoms with Gasteiger partial charge in [0.25, 0.3) is 0 Å². The van der Waals surface area contributed by atoms with Gasteiger partial charge in [0.05, 0.1) is 10.6 Å². The first-order chi connectivity index (χ1) is 7.97. The monoisotopic (exact) mass is 256 g/mol. The fraction of sp³-hybridized carbons (Fsp3) is 0.364. The number of sulfone groups is 1. The van der Waals surface area contributed by atoms with Crippen LogP contribution in [0.5, 0.6) is 0 Å². The van der Waals surface area contributed by atoms with Gasteiger partial charge in [0.2, 0.25) is 0 Å². The minimum Gasteiger partial charge on any atom is -0.430 e. The van der Waals surface area contributed by atoms with Crippen molar-refractivity contribution in [2.45, 2.75) is 17.9 Å². The Balaban J connectivity index is 2.14. The van der Waals surface area contributed by atoms with Crippen molar-refractivity contribution in [3.8, 4) is 0 Å². The lowest BCUT2D eigenvalue weighted by Crippen LogP contribution is -2.23. The van der Waals surface area contributed by atoms with Gasteiger partial charge in [0.15, 0.2) is 15.9 Å². The molecule has 1 fully saturated rings. The van der Waals surface area contributed by atoms with Crippen LogP contribution in [0.2, 0.25) is 0 Å². The van der Waals surface area contributed by atoms with Crippen LogP contribution in [-0.2, 0) is 19.3 Å². The molecule has 0 N–H and O–H groups in total. The van der Waals surface area contributed by atoms with E-state index in [-0.39, 0.29) is 17.3 Å². The second kappa shape index (κ2) is 4.37. The highest BCUT2D eigenvalue weighted by Gasteiger charge is 2.30. The molecule has 17 heavy (non-hydrogen) atoms. The molecule has 1 atom stereocenters. The summed E-state index contributed by atoms with van der Waals surface area (Å²) in [6, 6.07) is 6.54. The first-order valence-corrected chi connectivity index (χ1v) is 6.75. The van der Waals surface area contributed by atoms with E-state index in [1.165, 1.54) is 0 Å². The Morgan fingerprint density at radius 1 is 1.29 bits per heavy atom. The number of ether oxygens (including phenoxy) is 2. The van der Waals surface area contributed by atoms with Crippen LogP contribution in [0.1, 0.15) is 5.56 Å². The van der Waals surface area contributed by atoms with Crippen molar-refractivity contribution >= 4 is 16.0 Å². The van der Waals surface area contributed by atoms with Crippen molar-refractivity contribution in [1.82, 2.24) is 0 Å². The zero-order valence-electron chi connectivity index (χ0n) is 9.25. The van der Waals surface area contributed by atoms with E-state index in [1.54, 1.807) is 24.3 Å². The summed E-state index contributed by atoms with van der Waals surface area (Å²) in [6.07, 6.45) is -1.53. The van der Waals surface area contributed by atoms with Crippen molar-refractivity contribution in [3.63, 3.8) is 0 Å². The van der Waals surface area contributed by atoms with Gasteiger partial charge < -0.3 is 9.47 Å². The Hall–Kier alpha value is -1.56. The predicted octanol–water partition coefficient (Wildman–Crippen LogP) is 1.30. The number of hydrogen-bond acceptors (Lipinski definition) is 5. The van der Waals surface area contributed by atoms with Crippen LogP contribution in [0.25, 0.3) is 0 Å². The highest BCUT2D eigenvalue weighted by molar-refractivity contribution is 7.91. The van der Waals surface area contributed by atoms with Gasteiger partial charge in [-0.15, -0.1) is 0 Å². The highest BCUT2D eigenvalue weighted by atomic mass is 32.2. The normalized spacial score (nSPS) is 19.8. The summed E-state index contributed by atoms with van der Waals surface area (Å²) < 4.78 is 33.2. The average molecular weight is 256 g/mol. The molecule has 1 saturated heterocycles. The Kier molecular flexibility index (Phi) is 3.06. The molecule has 1 unspecified atom stereocenters. The van der Waals surface area contributed by atoms with Crippen molar-refractivity contribution < 1.29 is 22.7 Å². The molecule has 92 valence electrons. The molecule has 0 bridgehead atoms. The number of hydrogen-bond donors (Lipinski definition) is 0. The number of carbonyl (C=O) groups excluding carboxylic acids is 1. The van der Waals surface area contributed by atoms with Gasteiger partial charge in [-0.2, -0.15) is 0 Å².